The first kappa shape index (κ1) is 18.7. The highest BCUT2D eigenvalue weighted by Crippen LogP contribution is 2.34. The van der Waals surface area contributed by atoms with E-state index in [1.165, 1.54) is 18.2 Å². The maximum absolute atomic E-state index is 14.7. The molecule has 0 fully saturated rings. The van der Waals surface area contributed by atoms with Gasteiger partial charge in [0.2, 0.25) is 0 Å². The lowest BCUT2D eigenvalue weighted by Crippen LogP contribution is -2.13. The zero-order valence-corrected chi connectivity index (χ0v) is 16.6. The zero-order valence-electron chi connectivity index (χ0n) is 16.6. The first-order chi connectivity index (χ1) is 14.6. The van der Waals surface area contributed by atoms with Crippen LogP contribution >= 0.6 is 0 Å². The number of aromatic nitrogens is 2. The minimum atomic E-state index is -0.257. The van der Waals surface area contributed by atoms with Gasteiger partial charge in [0.15, 0.2) is 0 Å². The summed E-state index contributed by atoms with van der Waals surface area (Å²) in [4.78, 5) is 2.18. The summed E-state index contributed by atoms with van der Waals surface area (Å²) >= 11 is 0. The Bertz CT molecular complexity index is 1230. The van der Waals surface area contributed by atoms with Gasteiger partial charge in [0, 0.05) is 24.2 Å². The minimum absolute atomic E-state index is 0.246. The minimum Gasteiger partial charge on any atom is -0.296 e. The van der Waals surface area contributed by atoms with Crippen molar-refractivity contribution >= 4 is 0 Å². The van der Waals surface area contributed by atoms with E-state index in [0.717, 1.165) is 46.7 Å². The number of rotatable bonds is 4. The first-order valence-electron chi connectivity index (χ1n) is 9.95. The van der Waals surface area contributed by atoms with Crippen molar-refractivity contribution in [2.45, 2.75) is 19.6 Å². The summed E-state index contributed by atoms with van der Waals surface area (Å²) in [5.41, 5.74) is 6.30. The molecule has 0 saturated heterocycles. The molecule has 0 saturated carbocycles. The normalized spacial score (nSPS) is 13.6. The van der Waals surface area contributed by atoms with Crippen LogP contribution < -0.4 is 0 Å². The van der Waals surface area contributed by atoms with E-state index in [-0.39, 0.29) is 11.6 Å². The van der Waals surface area contributed by atoms with E-state index < -0.39 is 0 Å². The van der Waals surface area contributed by atoms with Crippen molar-refractivity contribution in [2.24, 2.45) is 0 Å². The molecule has 0 unspecified atom stereocenters. The lowest BCUT2D eigenvalue weighted by molar-refractivity contribution is 0.346. The predicted octanol–water partition coefficient (Wildman–Crippen LogP) is 5.49. The number of hydrogen-bond donors (Lipinski definition) is 0. The summed E-state index contributed by atoms with van der Waals surface area (Å²) in [6, 6.07) is 21.4. The third-order valence-electron chi connectivity index (χ3n) is 5.53. The van der Waals surface area contributed by atoms with E-state index in [0.29, 0.717) is 12.1 Å². The Balaban J connectivity index is 1.56. The molecule has 0 N–H and O–H groups in total. The smallest absolute Gasteiger partial charge is 0.132 e. The molecule has 2 heterocycles. The fourth-order valence-electron chi connectivity index (χ4n) is 4.18. The summed E-state index contributed by atoms with van der Waals surface area (Å²) in [6.45, 7) is 2.03. The van der Waals surface area contributed by atoms with Gasteiger partial charge in [0.1, 0.15) is 11.6 Å². The molecular weight excluding hydrogens is 380 g/mol. The third-order valence-corrected chi connectivity index (χ3v) is 5.53. The Hall–Kier alpha value is -3.31. The van der Waals surface area contributed by atoms with Crippen molar-refractivity contribution in [1.82, 2.24) is 14.7 Å². The molecule has 0 spiro atoms. The van der Waals surface area contributed by atoms with Gasteiger partial charge in [-0.15, -0.1) is 0 Å². The van der Waals surface area contributed by atoms with Crippen LogP contribution in [0, 0.1) is 11.6 Å². The Morgan fingerprint density at radius 1 is 0.867 bits per heavy atom. The Kier molecular flexibility index (Phi) is 4.68. The molecule has 1 aromatic heterocycles. The second-order valence-corrected chi connectivity index (χ2v) is 7.79. The average Bonchev–Trinajstić information content (AvgIpc) is 3.24. The van der Waals surface area contributed by atoms with Crippen LogP contribution in [0.4, 0.5) is 8.78 Å². The fraction of sp³-hybridized carbons (Fsp3) is 0.160. The summed E-state index contributed by atoms with van der Waals surface area (Å²) in [7, 11) is 2.04. The summed E-state index contributed by atoms with van der Waals surface area (Å²) in [6.07, 6.45) is 0. The maximum Gasteiger partial charge on any atom is 0.132 e. The zero-order chi connectivity index (χ0) is 20.7. The van der Waals surface area contributed by atoms with Crippen LogP contribution in [-0.4, -0.2) is 21.7 Å². The van der Waals surface area contributed by atoms with E-state index in [4.69, 9.17) is 5.10 Å². The lowest BCUT2D eigenvalue weighted by atomic mass is 10.0. The molecule has 0 aliphatic carbocycles. The molecule has 5 rings (SSSR count). The van der Waals surface area contributed by atoms with Crippen molar-refractivity contribution in [3.8, 4) is 22.4 Å². The van der Waals surface area contributed by atoms with Crippen molar-refractivity contribution in [2.75, 3.05) is 7.05 Å². The van der Waals surface area contributed by atoms with Crippen molar-refractivity contribution in [3.05, 3.63) is 101 Å². The van der Waals surface area contributed by atoms with Gasteiger partial charge < -0.3 is 0 Å². The summed E-state index contributed by atoms with van der Waals surface area (Å²) in [5, 5.41) is 4.82. The molecule has 150 valence electrons. The number of fused-ring (bicyclic) bond motifs is 1. The highest BCUT2D eigenvalue weighted by molar-refractivity contribution is 5.67. The van der Waals surface area contributed by atoms with E-state index in [2.05, 4.69) is 4.90 Å². The number of halogens is 2. The Labute approximate surface area is 174 Å². The second-order valence-electron chi connectivity index (χ2n) is 7.79. The standard InChI is InChI=1S/C25H21F2N3/c1-29-15-22-24(16-29)28-30(25(22)21-10-2-3-11-23(21)27)14-17-6-4-7-18(12-17)19-8-5-9-20(26)13-19/h2-13H,14-16H2,1H3. The van der Waals surface area contributed by atoms with Crippen LogP contribution in [-0.2, 0) is 19.6 Å². The molecule has 1 aliphatic rings. The van der Waals surface area contributed by atoms with Crippen LogP contribution in [0.5, 0.6) is 0 Å². The predicted molar refractivity (Wildman–Crippen MR) is 114 cm³/mol. The molecule has 1 aliphatic heterocycles. The van der Waals surface area contributed by atoms with Crippen LogP contribution in [0.2, 0.25) is 0 Å². The SMILES string of the molecule is CN1Cc2nn(Cc3cccc(-c4cccc(F)c4)c3)c(-c3ccccc3F)c2C1. The quantitative estimate of drug-likeness (QED) is 0.451. The summed E-state index contributed by atoms with van der Waals surface area (Å²) in [5.74, 6) is -0.503. The van der Waals surface area contributed by atoms with E-state index in [9.17, 15) is 8.78 Å². The van der Waals surface area contributed by atoms with Gasteiger partial charge >= 0.3 is 0 Å². The number of nitrogens with zero attached hydrogens (tertiary/aromatic N) is 3. The van der Waals surface area contributed by atoms with Crippen LogP contribution in [0.25, 0.3) is 22.4 Å². The van der Waals surface area contributed by atoms with Crippen molar-refractivity contribution in [1.29, 1.82) is 0 Å². The van der Waals surface area contributed by atoms with E-state index in [1.54, 1.807) is 12.1 Å². The van der Waals surface area contributed by atoms with Crippen LogP contribution in [0.3, 0.4) is 0 Å². The number of benzene rings is 3. The van der Waals surface area contributed by atoms with Gasteiger partial charge in [-0.3, -0.25) is 9.58 Å². The monoisotopic (exact) mass is 401 g/mol. The first-order valence-corrected chi connectivity index (χ1v) is 9.95. The molecular formula is C25H21F2N3. The molecule has 4 aromatic rings. The maximum atomic E-state index is 14.7. The largest absolute Gasteiger partial charge is 0.296 e. The molecule has 0 radical (unpaired) electrons. The molecule has 3 aromatic carbocycles. The molecule has 0 atom stereocenters. The average molecular weight is 401 g/mol. The second kappa shape index (κ2) is 7.50. The van der Waals surface area contributed by atoms with E-state index in [1.807, 2.05) is 54.2 Å². The highest BCUT2D eigenvalue weighted by atomic mass is 19.1. The fourth-order valence-corrected chi connectivity index (χ4v) is 4.18. The van der Waals surface area contributed by atoms with Gasteiger partial charge in [-0.2, -0.15) is 5.10 Å². The van der Waals surface area contributed by atoms with Gasteiger partial charge in [-0.25, -0.2) is 8.78 Å². The number of hydrogen-bond acceptors (Lipinski definition) is 2. The van der Waals surface area contributed by atoms with Crippen molar-refractivity contribution in [3.63, 3.8) is 0 Å². The molecule has 0 bridgehead atoms. The molecule has 5 heteroatoms. The van der Waals surface area contributed by atoms with Gasteiger partial charge in [-0.05, 0) is 54.1 Å². The van der Waals surface area contributed by atoms with Gasteiger partial charge in [-0.1, -0.05) is 42.5 Å². The molecule has 3 nitrogen and oxygen atoms in total. The van der Waals surface area contributed by atoms with Gasteiger partial charge in [0.05, 0.1) is 17.9 Å². The molecule has 30 heavy (non-hydrogen) atoms. The lowest BCUT2D eigenvalue weighted by Gasteiger charge is -2.14. The Morgan fingerprint density at radius 2 is 1.63 bits per heavy atom. The topological polar surface area (TPSA) is 21.1 Å². The molecule has 0 amide bonds. The third kappa shape index (κ3) is 3.42. The highest BCUT2D eigenvalue weighted by Gasteiger charge is 2.27. The van der Waals surface area contributed by atoms with Crippen LogP contribution in [0.15, 0.2) is 72.8 Å². The van der Waals surface area contributed by atoms with Crippen LogP contribution in [0.1, 0.15) is 16.8 Å². The van der Waals surface area contributed by atoms with E-state index >= 15 is 0 Å². The van der Waals surface area contributed by atoms with Crippen molar-refractivity contribution < 1.29 is 8.78 Å². The Morgan fingerprint density at radius 3 is 2.43 bits per heavy atom. The summed E-state index contributed by atoms with van der Waals surface area (Å²) < 4.78 is 30.2. The van der Waals surface area contributed by atoms with Gasteiger partial charge in [0.25, 0.3) is 0 Å².